The molecule has 1 aromatic rings. The van der Waals surface area contributed by atoms with Gasteiger partial charge in [-0.25, -0.2) is 4.68 Å². The van der Waals surface area contributed by atoms with Crippen molar-refractivity contribution in [3.63, 3.8) is 0 Å². The summed E-state index contributed by atoms with van der Waals surface area (Å²) in [4.78, 5) is 34.9. The summed E-state index contributed by atoms with van der Waals surface area (Å²) in [5, 5.41) is 9.29. The molecule has 1 aliphatic heterocycles. The fourth-order valence-corrected chi connectivity index (χ4v) is 1.37. The van der Waals surface area contributed by atoms with E-state index in [1.54, 1.807) is 0 Å². The van der Waals surface area contributed by atoms with Gasteiger partial charge in [0.15, 0.2) is 0 Å². The highest BCUT2D eigenvalue weighted by atomic mass is 16.2. The molecule has 0 aromatic carbocycles. The van der Waals surface area contributed by atoms with Gasteiger partial charge in [-0.3, -0.25) is 19.7 Å². The van der Waals surface area contributed by atoms with Crippen LogP contribution in [0.25, 0.3) is 0 Å². The number of hydrogen-bond acceptors (Lipinski definition) is 5. The molecule has 8 heteroatoms. The lowest BCUT2D eigenvalue weighted by Gasteiger charge is -2.25. The quantitative estimate of drug-likeness (QED) is 0.572. The van der Waals surface area contributed by atoms with E-state index in [-0.39, 0.29) is 25.5 Å². The first-order valence-corrected chi connectivity index (χ1v) is 4.60. The second kappa shape index (κ2) is 4.09. The molecule has 2 heterocycles. The van der Waals surface area contributed by atoms with Crippen LogP contribution in [0.5, 0.6) is 0 Å². The molecule has 8 nitrogen and oxygen atoms in total. The number of imide groups is 1. The number of carbonyl (C=O) groups is 3. The van der Waals surface area contributed by atoms with Crippen molar-refractivity contribution in [1.29, 1.82) is 0 Å². The van der Waals surface area contributed by atoms with Crippen LogP contribution in [0.2, 0.25) is 0 Å². The fourth-order valence-electron chi connectivity index (χ4n) is 1.37. The Morgan fingerprint density at radius 3 is 2.62 bits per heavy atom. The molecule has 0 saturated carbocycles. The summed E-state index contributed by atoms with van der Waals surface area (Å²) in [6, 6.07) is 0. The first kappa shape index (κ1) is 10.3. The van der Waals surface area contributed by atoms with Crippen molar-refractivity contribution in [2.75, 3.05) is 13.1 Å². The van der Waals surface area contributed by atoms with Gasteiger partial charge < -0.3 is 4.90 Å². The normalized spacial score (nSPS) is 16.1. The number of rotatable bonds is 2. The maximum atomic E-state index is 11.7. The third-order valence-corrected chi connectivity index (χ3v) is 2.07. The third kappa shape index (κ3) is 2.22. The summed E-state index contributed by atoms with van der Waals surface area (Å²) in [6.07, 6.45) is 2.98. The van der Waals surface area contributed by atoms with Crippen LogP contribution in [0.4, 0.5) is 0 Å². The van der Waals surface area contributed by atoms with Gasteiger partial charge in [-0.05, 0) is 0 Å². The Balaban J connectivity index is 1.99. The number of piperazine rings is 1. The molecule has 16 heavy (non-hydrogen) atoms. The van der Waals surface area contributed by atoms with Crippen LogP contribution in [0, 0.1) is 0 Å². The maximum absolute atomic E-state index is 11.7. The molecule has 0 radical (unpaired) electrons. The second-order valence-corrected chi connectivity index (χ2v) is 3.32. The van der Waals surface area contributed by atoms with E-state index in [1.807, 2.05) is 0 Å². The minimum atomic E-state index is -0.469. The topological polar surface area (TPSA) is 97.2 Å². The van der Waals surface area contributed by atoms with E-state index < -0.39 is 11.8 Å². The van der Waals surface area contributed by atoms with Crippen molar-refractivity contribution in [3.8, 4) is 0 Å². The number of hydrogen-bond donors (Lipinski definition) is 1. The molecule has 0 bridgehead atoms. The van der Waals surface area contributed by atoms with E-state index >= 15 is 0 Å². The lowest BCUT2D eigenvalue weighted by atomic mass is 10.3. The third-order valence-electron chi connectivity index (χ3n) is 2.07. The monoisotopic (exact) mass is 223 g/mol. The summed E-state index contributed by atoms with van der Waals surface area (Å²) in [7, 11) is 0. The van der Waals surface area contributed by atoms with Crippen LogP contribution >= 0.6 is 0 Å². The molecule has 1 N–H and O–H groups in total. The molecule has 1 aliphatic rings. The number of carbonyl (C=O) groups excluding carboxylic acids is 3. The van der Waals surface area contributed by atoms with Gasteiger partial charge in [0, 0.05) is 6.20 Å². The minimum absolute atomic E-state index is 0.0272. The molecule has 0 aliphatic carbocycles. The highest BCUT2D eigenvalue weighted by molar-refractivity contribution is 6.02. The number of aromatic nitrogens is 3. The zero-order chi connectivity index (χ0) is 11.5. The summed E-state index contributed by atoms with van der Waals surface area (Å²) in [6.45, 7) is -0.223. The standard InChI is InChI=1S/C8H9N5O3/c14-6-3-12(4-7(15)10-6)8(16)5-13-2-1-9-11-13/h1-2H,3-5H2,(H,10,14,15). The van der Waals surface area contributed by atoms with Gasteiger partial charge in [0.1, 0.15) is 19.6 Å². The molecular weight excluding hydrogens is 214 g/mol. The zero-order valence-corrected chi connectivity index (χ0v) is 8.29. The summed E-state index contributed by atoms with van der Waals surface area (Å²) >= 11 is 0. The van der Waals surface area contributed by atoms with E-state index in [2.05, 4.69) is 15.6 Å². The molecular formula is C8H9N5O3. The van der Waals surface area contributed by atoms with Crippen molar-refractivity contribution in [1.82, 2.24) is 25.2 Å². The predicted octanol–water partition coefficient (Wildman–Crippen LogP) is -2.24. The highest BCUT2D eigenvalue weighted by Gasteiger charge is 2.26. The van der Waals surface area contributed by atoms with Crippen molar-refractivity contribution in [2.45, 2.75) is 6.54 Å². The predicted molar refractivity (Wildman–Crippen MR) is 49.8 cm³/mol. The average molecular weight is 223 g/mol. The fraction of sp³-hybridized carbons (Fsp3) is 0.375. The molecule has 0 spiro atoms. The number of nitrogens with zero attached hydrogens (tertiary/aromatic N) is 4. The van der Waals surface area contributed by atoms with Gasteiger partial charge in [0.2, 0.25) is 17.7 Å². The van der Waals surface area contributed by atoms with Crippen molar-refractivity contribution in [2.24, 2.45) is 0 Å². The number of nitrogens with one attached hydrogen (secondary N) is 1. The van der Waals surface area contributed by atoms with Crippen LogP contribution in [0.1, 0.15) is 0 Å². The van der Waals surface area contributed by atoms with Gasteiger partial charge >= 0.3 is 0 Å². The van der Waals surface area contributed by atoms with Gasteiger partial charge in [-0.1, -0.05) is 5.21 Å². The Morgan fingerprint density at radius 1 is 1.38 bits per heavy atom. The average Bonchev–Trinajstić information content (AvgIpc) is 2.68. The van der Waals surface area contributed by atoms with Crippen molar-refractivity contribution >= 4 is 17.7 Å². The van der Waals surface area contributed by atoms with Gasteiger partial charge in [0.25, 0.3) is 0 Å². The Hall–Kier alpha value is -2.25. The highest BCUT2D eigenvalue weighted by Crippen LogP contribution is 1.97. The molecule has 1 saturated heterocycles. The van der Waals surface area contributed by atoms with E-state index in [0.717, 1.165) is 0 Å². The molecule has 0 unspecified atom stereocenters. The number of amides is 3. The van der Waals surface area contributed by atoms with E-state index in [0.29, 0.717) is 0 Å². The molecule has 84 valence electrons. The van der Waals surface area contributed by atoms with Crippen LogP contribution in [-0.4, -0.2) is 50.7 Å². The molecule has 1 aromatic heterocycles. The van der Waals surface area contributed by atoms with Crippen molar-refractivity contribution < 1.29 is 14.4 Å². The van der Waals surface area contributed by atoms with E-state index in [4.69, 9.17) is 0 Å². The van der Waals surface area contributed by atoms with E-state index in [9.17, 15) is 14.4 Å². The zero-order valence-electron chi connectivity index (χ0n) is 8.29. The van der Waals surface area contributed by atoms with E-state index in [1.165, 1.54) is 22.0 Å². The van der Waals surface area contributed by atoms with Crippen LogP contribution in [0.15, 0.2) is 12.4 Å². The van der Waals surface area contributed by atoms with Crippen LogP contribution in [0.3, 0.4) is 0 Å². The SMILES string of the molecule is O=C1CN(C(=O)Cn2ccnn2)CC(=O)N1. The van der Waals surface area contributed by atoms with Crippen LogP contribution in [-0.2, 0) is 20.9 Å². The summed E-state index contributed by atoms with van der Waals surface area (Å²) in [5.41, 5.74) is 0. The Labute approximate surface area is 90.2 Å². The van der Waals surface area contributed by atoms with Gasteiger partial charge in [-0.15, -0.1) is 5.10 Å². The van der Waals surface area contributed by atoms with Gasteiger partial charge in [-0.2, -0.15) is 0 Å². The molecule has 3 amide bonds. The minimum Gasteiger partial charge on any atom is -0.322 e. The first-order chi connectivity index (χ1) is 7.65. The Bertz CT molecular complexity index is 411. The van der Waals surface area contributed by atoms with Gasteiger partial charge in [0.05, 0.1) is 6.20 Å². The van der Waals surface area contributed by atoms with Crippen LogP contribution < -0.4 is 5.32 Å². The summed E-state index contributed by atoms with van der Waals surface area (Å²) < 4.78 is 1.33. The lowest BCUT2D eigenvalue weighted by molar-refractivity contribution is -0.145. The second-order valence-electron chi connectivity index (χ2n) is 3.32. The smallest absolute Gasteiger partial charge is 0.246 e. The lowest BCUT2D eigenvalue weighted by Crippen LogP contribution is -2.54. The Kier molecular flexibility index (Phi) is 2.63. The molecule has 0 atom stereocenters. The largest absolute Gasteiger partial charge is 0.322 e. The maximum Gasteiger partial charge on any atom is 0.246 e. The first-order valence-electron chi connectivity index (χ1n) is 4.60. The molecule has 1 fully saturated rings. The molecule has 2 rings (SSSR count). The summed E-state index contributed by atoms with van der Waals surface area (Å²) in [5.74, 6) is -1.28. The Morgan fingerprint density at radius 2 is 2.06 bits per heavy atom. The van der Waals surface area contributed by atoms with Crippen molar-refractivity contribution in [3.05, 3.63) is 12.4 Å².